The average Bonchev–Trinajstić information content (AvgIpc) is 2.37. The first-order valence-corrected chi connectivity index (χ1v) is 7.65. The number of hydrogen-bond donors (Lipinski definition) is 3. The van der Waals surface area contributed by atoms with Gasteiger partial charge in [0.05, 0.1) is 5.69 Å². The topological polar surface area (TPSA) is 99.7 Å². The van der Waals surface area contributed by atoms with Gasteiger partial charge < -0.3 is 10.6 Å². The maximum atomic E-state index is 12.0. The van der Waals surface area contributed by atoms with Gasteiger partial charge in [-0.2, -0.15) is 0 Å². The third-order valence-corrected chi connectivity index (χ3v) is 4.04. The van der Waals surface area contributed by atoms with E-state index in [0.717, 1.165) is 0 Å². The lowest BCUT2D eigenvalue weighted by atomic mass is 10.3. The minimum absolute atomic E-state index is 0.0944. The van der Waals surface area contributed by atoms with Crippen LogP contribution in [0.1, 0.15) is 13.3 Å². The van der Waals surface area contributed by atoms with Crippen LogP contribution in [0.15, 0.2) is 34.2 Å². The first-order chi connectivity index (χ1) is 9.49. The van der Waals surface area contributed by atoms with Crippen molar-refractivity contribution in [3.05, 3.63) is 24.3 Å². The van der Waals surface area contributed by atoms with E-state index in [2.05, 4.69) is 20.3 Å². The van der Waals surface area contributed by atoms with Crippen molar-refractivity contribution in [3.8, 4) is 0 Å². The molecule has 0 unspecified atom stereocenters. The maximum Gasteiger partial charge on any atom is 0.266 e. The van der Waals surface area contributed by atoms with E-state index in [1.807, 2.05) is 0 Å². The number of rotatable bonds is 4. The van der Waals surface area contributed by atoms with Crippen LogP contribution in [0.5, 0.6) is 0 Å². The Morgan fingerprint density at radius 2 is 2.10 bits per heavy atom. The molecule has 3 N–H and O–H groups in total. The number of para-hydroxylation sites is 1. The molecule has 0 radical (unpaired) electrons. The highest BCUT2D eigenvalue weighted by molar-refractivity contribution is 7.90. The molecule has 0 saturated heterocycles. The van der Waals surface area contributed by atoms with Gasteiger partial charge in [0.25, 0.3) is 10.0 Å². The van der Waals surface area contributed by atoms with Crippen LogP contribution in [0, 0.1) is 0 Å². The molecule has 1 amide bonds. The molecule has 0 aromatic heterocycles. The van der Waals surface area contributed by atoms with Gasteiger partial charge in [0.1, 0.15) is 4.90 Å². The highest BCUT2D eigenvalue weighted by atomic mass is 32.2. The molecule has 0 atom stereocenters. The highest BCUT2D eigenvalue weighted by Crippen LogP contribution is 2.23. The largest absolute Gasteiger partial charge is 0.356 e. The molecule has 0 aliphatic carbocycles. The van der Waals surface area contributed by atoms with Crippen molar-refractivity contribution in [2.24, 2.45) is 4.99 Å². The number of aliphatic imine (C=N–C) groups is 1. The van der Waals surface area contributed by atoms with Gasteiger partial charge in [-0.15, -0.1) is 0 Å². The fraction of sp³-hybridized carbons (Fsp3) is 0.333. The van der Waals surface area contributed by atoms with E-state index in [4.69, 9.17) is 0 Å². The molecular formula is C12H16N4O3S. The molecule has 8 heteroatoms. The number of carbonyl (C=O) groups excluding carboxylic acids is 1. The molecule has 20 heavy (non-hydrogen) atoms. The van der Waals surface area contributed by atoms with E-state index in [-0.39, 0.29) is 16.8 Å². The van der Waals surface area contributed by atoms with Crippen molar-refractivity contribution in [1.82, 2.24) is 10.0 Å². The number of anilines is 1. The molecule has 0 bridgehead atoms. The fourth-order valence-corrected chi connectivity index (χ4v) is 2.89. The normalized spacial score (nSPS) is 17.8. The van der Waals surface area contributed by atoms with E-state index >= 15 is 0 Å². The second-order valence-corrected chi connectivity index (χ2v) is 5.94. The number of guanidine groups is 1. The monoisotopic (exact) mass is 296 g/mol. The summed E-state index contributed by atoms with van der Waals surface area (Å²) < 4.78 is 26.3. The number of fused-ring (bicyclic) bond motifs is 1. The van der Waals surface area contributed by atoms with Crippen molar-refractivity contribution < 1.29 is 13.2 Å². The zero-order chi connectivity index (χ0) is 14.6. The van der Waals surface area contributed by atoms with Crippen molar-refractivity contribution in [3.63, 3.8) is 0 Å². The summed E-state index contributed by atoms with van der Waals surface area (Å²) in [4.78, 5) is 15.0. The first-order valence-electron chi connectivity index (χ1n) is 6.17. The number of amides is 1. The first kappa shape index (κ1) is 14.3. The number of carbonyl (C=O) groups is 1. The predicted molar refractivity (Wildman–Crippen MR) is 76.0 cm³/mol. The summed E-state index contributed by atoms with van der Waals surface area (Å²) in [6, 6.07) is 6.62. The molecule has 7 nitrogen and oxygen atoms in total. The molecule has 1 heterocycles. The van der Waals surface area contributed by atoms with Crippen LogP contribution >= 0.6 is 0 Å². The molecule has 2 rings (SSSR count). The lowest BCUT2D eigenvalue weighted by molar-refractivity contribution is -0.118. The van der Waals surface area contributed by atoms with Crippen LogP contribution in [0.4, 0.5) is 5.69 Å². The summed E-state index contributed by atoms with van der Waals surface area (Å²) in [6.45, 7) is 2.36. The zero-order valence-corrected chi connectivity index (χ0v) is 11.8. The summed E-state index contributed by atoms with van der Waals surface area (Å²) in [5.74, 6) is 0.106. The van der Waals surface area contributed by atoms with Gasteiger partial charge >= 0.3 is 0 Å². The van der Waals surface area contributed by atoms with Crippen LogP contribution in [-0.2, 0) is 14.8 Å². The van der Waals surface area contributed by atoms with Gasteiger partial charge in [-0.3, -0.25) is 9.79 Å². The van der Waals surface area contributed by atoms with Gasteiger partial charge in [0.15, 0.2) is 0 Å². The number of nitrogens with one attached hydrogen (secondary N) is 3. The molecule has 1 aliphatic heterocycles. The summed E-state index contributed by atoms with van der Waals surface area (Å²) in [5, 5.41) is 5.57. The highest BCUT2D eigenvalue weighted by Gasteiger charge is 2.25. The Hall–Kier alpha value is -2.09. The molecule has 0 fully saturated rings. The summed E-state index contributed by atoms with van der Waals surface area (Å²) in [7, 11) is -3.56. The smallest absolute Gasteiger partial charge is 0.266 e. The second kappa shape index (κ2) is 5.91. The van der Waals surface area contributed by atoms with E-state index in [0.29, 0.717) is 25.2 Å². The Morgan fingerprint density at radius 3 is 2.85 bits per heavy atom. The summed E-state index contributed by atoms with van der Waals surface area (Å²) in [5.41, 5.74) is 0.506. The lowest BCUT2D eigenvalue weighted by Gasteiger charge is -2.21. The van der Waals surface area contributed by atoms with Crippen LogP contribution in [0.2, 0.25) is 0 Å². The van der Waals surface area contributed by atoms with Gasteiger partial charge in [0.2, 0.25) is 11.9 Å². The minimum atomic E-state index is -3.56. The van der Waals surface area contributed by atoms with Crippen LogP contribution < -0.4 is 15.4 Å². The summed E-state index contributed by atoms with van der Waals surface area (Å²) in [6.07, 6.45) is 0.633. The standard InChI is InChI=1S/C12H16N4O3S/c1-9(17)13-7-4-8-14-12-15-10-5-2-3-6-11(10)20(18,19)16-12/h2-3,5-6H,4,7-8H2,1H3,(H,13,17)(H2,14,15,16). The van der Waals surface area contributed by atoms with Crippen LogP contribution in [-0.4, -0.2) is 33.4 Å². The average molecular weight is 296 g/mol. The number of benzene rings is 1. The minimum Gasteiger partial charge on any atom is -0.356 e. The Kier molecular flexibility index (Phi) is 4.23. The van der Waals surface area contributed by atoms with Crippen molar-refractivity contribution in [1.29, 1.82) is 0 Å². The van der Waals surface area contributed by atoms with Gasteiger partial charge in [-0.1, -0.05) is 12.1 Å². The number of hydrogen-bond acceptors (Lipinski definition) is 4. The van der Waals surface area contributed by atoms with E-state index in [9.17, 15) is 13.2 Å². The summed E-state index contributed by atoms with van der Waals surface area (Å²) >= 11 is 0. The molecule has 0 spiro atoms. The zero-order valence-electron chi connectivity index (χ0n) is 11.0. The third-order valence-electron chi connectivity index (χ3n) is 2.64. The van der Waals surface area contributed by atoms with Crippen molar-refractivity contribution in [2.45, 2.75) is 18.2 Å². The Labute approximate surface area is 117 Å². The molecule has 1 aromatic carbocycles. The lowest BCUT2D eigenvalue weighted by Crippen LogP contribution is -2.40. The number of sulfonamides is 1. The molecular weight excluding hydrogens is 280 g/mol. The molecule has 108 valence electrons. The molecule has 1 aliphatic rings. The Morgan fingerprint density at radius 1 is 1.35 bits per heavy atom. The van der Waals surface area contributed by atoms with Crippen molar-refractivity contribution in [2.75, 3.05) is 18.4 Å². The number of nitrogens with zero attached hydrogens (tertiary/aromatic N) is 1. The fourth-order valence-electron chi connectivity index (χ4n) is 1.75. The Balaban J connectivity index is 2.01. The van der Waals surface area contributed by atoms with Crippen molar-refractivity contribution >= 4 is 27.6 Å². The molecule has 0 saturated carbocycles. The van der Waals surface area contributed by atoms with E-state index in [1.165, 1.54) is 13.0 Å². The van der Waals surface area contributed by atoms with Gasteiger partial charge in [0, 0.05) is 20.0 Å². The van der Waals surface area contributed by atoms with Gasteiger partial charge in [-0.25, -0.2) is 13.1 Å². The van der Waals surface area contributed by atoms with E-state index in [1.54, 1.807) is 18.2 Å². The predicted octanol–water partition coefficient (Wildman–Crippen LogP) is 0.273. The van der Waals surface area contributed by atoms with Crippen LogP contribution in [0.25, 0.3) is 0 Å². The quantitative estimate of drug-likeness (QED) is 0.694. The SMILES string of the molecule is CC(=O)NCCCN=C1Nc2ccccc2S(=O)(=O)N1. The Bertz CT molecular complexity index is 640. The second-order valence-electron chi connectivity index (χ2n) is 4.29. The third kappa shape index (κ3) is 3.47. The van der Waals surface area contributed by atoms with E-state index < -0.39 is 10.0 Å². The molecule has 1 aromatic rings. The van der Waals surface area contributed by atoms with Crippen LogP contribution in [0.3, 0.4) is 0 Å². The van der Waals surface area contributed by atoms with Gasteiger partial charge in [-0.05, 0) is 18.6 Å². The maximum absolute atomic E-state index is 12.0.